The van der Waals surface area contributed by atoms with Crippen LogP contribution in [0.2, 0.25) is 0 Å². The zero-order valence-electron chi connectivity index (χ0n) is 9.75. The number of rotatable bonds is 4. The van der Waals surface area contributed by atoms with Crippen LogP contribution in [0.3, 0.4) is 0 Å². The topological polar surface area (TPSA) is 24.4 Å². The molecular formula is C15H13ClN2. The van der Waals surface area contributed by atoms with E-state index in [0.29, 0.717) is 5.17 Å². The Morgan fingerprint density at radius 1 is 0.944 bits per heavy atom. The molecule has 0 fully saturated rings. The van der Waals surface area contributed by atoms with Crippen molar-refractivity contribution >= 4 is 28.5 Å². The van der Waals surface area contributed by atoms with Gasteiger partial charge in [0.2, 0.25) is 0 Å². The molecule has 0 saturated heterocycles. The number of hydrogen-bond donors (Lipinski definition) is 1. The van der Waals surface area contributed by atoms with E-state index in [1.165, 1.54) is 0 Å². The number of nitrogens with zero attached hydrogens (tertiary/aromatic N) is 1. The molecule has 1 N–H and O–H groups in total. The van der Waals surface area contributed by atoms with Gasteiger partial charge in [0.05, 0.1) is 5.69 Å². The summed E-state index contributed by atoms with van der Waals surface area (Å²) in [5.41, 5.74) is 4.88. The molecule has 0 aromatic heterocycles. The second-order valence-electron chi connectivity index (χ2n) is 3.66. The van der Waals surface area contributed by atoms with Crippen LogP contribution in [0.15, 0.2) is 71.8 Å². The molecule has 3 heteroatoms. The van der Waals surface area contributed by atoms with Crippen molar-refractivity contribution in [1.82, 2.24) is 0 Å². The Bertz CT molecular complexity index is 533. The normalized spacial score (nSPS) is 11.7. The summed E-state index contributed by atoms with van der Waals surface area (Å²) in [6, 6.07) is 19.6. The van der Waals surface area contributed by atoms with Crippen LogP contribution in [-0.4, -0.2) is 5.17 Å². The van der Waals surface area contributed by atoms with Gasteiger partial charge in [-0.1, -0.05) is 66.2 Å². The van der Waals surface area contributed by atoms with Crippen LogP contribution in [0, 0.1) is 0 Å². The highest BCUT2D eigenvalue weighted by atomic mass is 35.5. The fourth-order valence-corrected chi connectivity index (χ4v) is 1.50. The van der Waals surface area contributed by atoms with E-state index in [-0.39, 0.29) is 0 Å². The maximum atomic E-state index is 5.98. The molecule has 0 atom stereocenters. The van der Waals surface area contributed by atoms with Gasteiger partial charge in [-0.15, -0.1) is 0 Å². The van der Waals surface area contributed by atoms with E-state index < -0.39 is 0 Å². The molecule has 0 unspecified atom stereocenters. The van der Waals surface area contributed by atoms with E-state index in [0.717, 1.165) is 11.3 Å². The highest BCUT2D eigenvalue weighted by molar-refractivity contribution is 6.68. The second kappa shape index (κ2) is 6.62. The number of hydrazone groups is 1. The molecular weight excluding hydrogens is 244 g/mol. The number of allylic oxidation sites excluding steroid dienone is 1. The van der Waals surface area contributed by atoms with Crippen molar-refractivity contribution in [3.63, 3.8) is 0 Å². The Kier molecular flexibility index (Phi) is 4.56. The summed E-state index contributed by atoms with van der Waals surface area (Å²) in [5.74, 6) is 0. The molecule has 0 aliphatic rings. The Labute approximate surface area is 112 Å². The smallest absolute Gasteiger partial charge is 0.149 e. The van der Waals surface area contributed by atoms with E-state index in [2.05, 4.69) is 10.5 Å². The van der Waals surface area contributed by atoms with Crippen molar-refractivity contribution < 1.29 is 0 Å². The van der Waals surface area contributed by atoms with Gasteiger partial charge < -0.3 is 0 Å². The van der Waals surface area contributed by atoms with Gasteiger partial charge >= 0.3 is 0 Å². The molecule has 2 aromatic rings. The molecule has 18 heavy (non-hydrogen) atoms. The number of halogens is 1. The van der Waals surface area contributed by atoms with Gasteiger partial charge in [0.15, 0.2) is 0 Å². The van der Waals surface area contributed by atoms with Gasteiger partial charge in [-0.05, 0) is 23.8 Å². The van der Waals surface area contributed by atoms with Crippen LogP contribution >= 0.6 is 11.6 Å². The largest absolute Gasteiger partial charge is 0.277 e. The van der Waals surface area contributed by atoms with Crippen LogP contribution in [0.25, 0.3) is 6.08 Å². The Balaban J connectivity index is 1.96. The molecule has 0 radical (unpaired) electrons. The quantitative estimate of drug-likeness (QED) is 0.638. The minimum absolute atomic E-state index is 0.405. The number of anilines is 1. The van der Waals surface area contributed by atoms with E-state index in [4.69, 9.17) is 11.6 Å². The molecule has 2 rings (SSSR count). The molecule has 2 aromatic carbocycles. The lowest BCUT2D eigenvalue weighted by Gasteiger charge is -1.98. The van der Waals surface area contributed by atoms with E-state index in [1.807, 2.05) is 66.7 Å². The average Bonchev–Trinajstić information content (AvgIpc) is 2.45. The van der Waals surface area contributed by atoms with Crippen molar-refractivity contribution in [2.75, 3.05) is 5.43 Å². The second-order valence-corrected chi connectivity index (χ2v) is 4.04. The summed E-state index contributed by atoms with van der Waals surface area (Å²) >= 11 is 5.98. The first-order valence-corrected chi connectivity index (χ1v) is 6.00. The summed E-state index contributed by atoms with van der Waals surface area (Å²) in [6.07, 6.45) is 3.67. The van der Waals surface area contributed by atoms with Gasteiger partial charge in [-0.25, -0.2) is 0 Å². The monoisotopic (exact) mass is 256 g/mol. The summed E-state index contributed by atoms with van der Waals surface area (Å²) in [7, 11) is 0. The SMILES string of the molecule is ClC(/C=C/c1ccccc1)=N/Nc1ccccc1. The first-order valence-electron chi connectivity index (χ1n) is 5.62. The average molecular weight is 257 g/mol. The highest BCUT2D eigenvalue weighted by Gasteiger charge is 1.89. The first-order chi connectivity index (χ1) is 8.84. The summed E-state index contributed by atoms with van der Waals surface area (Å²) in [5, 5.41) is 4.46. The Morgan fingerprint density at radius 3 is 2.22 bits per heavy atom. The Morgan fingerprint density at radius 2 is 1.56 bits per heavy atom. The third-order valence-electron chi connectivity index (χ3n) is 2.28. The van der Waals surface area contributed by atoms with Crippen LogP contribution in [0.5, 0.6) is 0 Å². The molecule has 0 aliphatic carbocycles. The van der Waals surface area contributed by atoms with E-state index in [1.54, 1.807) is 6.08 Å². The first kappa shape index (κ1) is 12.4. The minimum Gasteiger partial charge on any atom is -0.277 e. The summed E-state index contributed by atoms with van der Waals surface area (Å²) < 4.78 is 0. The van der Waals surface area contributed by atoms with Gasteiger partial charge in [0, 0.05) is 0 Å². The van der Waals surface area contributed by atoms with Crippen LogP contribution < -0.4 is 5.43 Å². The van der Waals surface area contributed by atoms with Crippen molar-refractivity contribution in [1.29, 1.82) is 0 Å². The predicted molar refractivity (Wildman–Crippen MR) is 78.8 cm³/mol. The molecule has 0 aliphatic heterocycles. The van der Waals surface area contributed by atoms with E-state index in [9.17, 15) is 0 Å². The van der Waals surface area contributed by atoms with Gasteiger partial charge in [0.25, 0.3) is 0 Å². The molecule has 0 amide bonds. The number of benzene rings is 2. The lowest BCUT2D eigenvalue weighted by atomic mass is 10.2. The van der Waals surface area contributed by atoms with Crippen molar-refractivity contribution in [2.45, 2.75) is 0 Å². The zero-order chi connectivity index (χ0) is 12.6. The van der Waals surface area contributed by atoms with Gasteiger partial charge in [0.1, 0.15) is 5.17 Å². The maximum absolute atomic E-state index is 5.98. The molecule has 90 valence electrons. The van der Waals surface area contributed by atoms with Crippen molar-refractivity contribution in [3.05, 3.63) is 72.3 Å². The molecule has 0 spiro atoms. The Hall–Kier alpha value is -2.06. The summed E-state index contributed by atoms with van der Waals surface area (Å²) in [4.78, 5) is 0. The van der Waals surface area contributed by atoms with Crippen LogP contribution in [-0.2, 0) is 0 Å². The molecule has 0 saturated carbocycles. The minimum atomic E-state index is 0.405. The lowest BCUT2D eigenvalue weighted by molar-refractivity contribution is 1.35. The lowest BCUT2D eigenvalue weighted by Crippen LogP contribution is -1.91. The molecule has 0 bridgehead atoms. The van der Waals surface area contributed by atoms with Crippen LogP contribution in [0.1, 0.15) is 5.56 Å². The van der Waals surface area contributed by atoms with Crippen molar-refractivity contribution in [3.8, 4) is 0 Å². The third-order valence-corrected chi connectivity index (χ3v) is 2.49. The van der Waals surface area contributed by atoms with Crippen LogP contribution in [0.4, 0.5) is 5.69 Å². The van der Waals surface area contributed by atoms with Gasteiger partial charge in [-0.3, -0.25) is 5.43 Å². The predicted octanol–water partition coefficient (Wildman–Crippen LogP) is 4.36. The molecule has 2 nitrogen and oxygen atoms in total. The summed E-state index contributed by atoms with van der Waals surface area (Å²) in [6.45, 7) is 0. The maximum Gasteiger partial charge on any atom is 0.149 e. The number of para-hydroxylation sites is 1. The number of hydrogen-bond acceptors (Lipinski definition) is 2. The highest BCUT2D eigenvalue weighted by Crippen LogP contribution is 2.06. The fraction of sp³-hybridized carbons (Fsp3) is 0. The zero-order valence-corrected chi connectivity index (χ0v) is 10.5. The number of nitrogens with one attached hydrogen (secondary N) is 1. The standard InChI is InChI=1S/C15H13ClN2/c16-15(12-11-13-7-3-1-4-8-13)18-17-14-9-5-2-6-10-14/h1-12,17H/b12-11+,18-15+. The third kappa shape index (κ3) is 4.07. The van der Waals surface area contributed by atoms with Gasteiger partial charge in [-0.2, -0.15) is 5.10 Å². The molecule has 0 heterocycles. The van der Waals surface area contributed by atoms with E-state index >= 15 is 0 Å². The fourth-order valence-electron chi connectivity index (χ4n) is 1.40. The van der Waals surface area contributed by atoms with Crippen molar-refractivity contribution in [2.24, 2.45) is 5.10 Å².